The molecule has 2 atom stereocenters. The van der Waals surface area contributed by atoms with Gasteiger partial charge in [0.05, 0.1) is 16.7 Å². The van der Waals surface area contributed by atoms with Gasteiger partial charge in [0.15, 0.2) is 0 Å². The van der Waals surface area contributed by atoms with E-state index in [1.165, 1.54) is 4.88 Å². The van der Waals surface area contributed by atoms with Crippen LogP contribution in [-0.2, 0) is 16.6 Å². The van der Waals surface area contributed by atoms with Crippen LogP contribution in [0.25, 0.3) is 0 Å². The number of rotatable bonds is 5. The molecule has 3 nitrogen and oxygen atoms in total. The van der Waals surface area contributed by atoms with E-state index in [-0.39, 0.29) is 5.25 Å². The Bertz CT molecular complexity index is 517. The largest absolute Gasteiger partial charge is 0.270 e. The van der Waals surface area contributed by atoms with E-state index in [0.717, 1.165) is 5.69 Å². The van der Waals surface area contributed by atoms with Crippen molar-refractivity contribution in [1.82, 2.24) is 9.78 Å². The highest BCUT2D eigenvalue weighted by Crippen LogP contribution is 2.25. The Morgan fingerprint density at radius 2 is 2.17 bits per heavy atom. The summed E-state index contributed by atoms with van der Waals surface area (Å²) in [4.78, 5) is 1.18. The summed E-state index contributed by atoms with van der Waals surface area (Å²) in [6.07, 6.45) is 1.95. The van der Waals surface area contributed by atoms with E-state index >= 15 is 0 Å². The summed E-state index contributed by atoms with van der Waals surface area (Å²) in [5.41, 5.74) is 0.908. The van der Waals surface area contributed by atoms with E-state index in [9.17, 15) is 4.21 Å². The van der Waals surface area contributed by atoms with Crippen LogP contribution in [0, 0.1) is 0 Å². The first-order chi connectivity index (χ1) is 8.58. The molecule has 98 valence electrons. The highest BCUT2D eigenvalue weighted by Gasteiger charge is 2.16. The molecule has 2 rings (SSSR count). The minimum Gasteiger partial charge on any atom is -0.270 e. The van der Waals surface area contributed by atoms with Crippen LogP contribution < -0.4 is 0 Å². The van der Waals surface area contributed by atoms with Crippen molar-refractivity contribution in [2.75, 3.05) is 0 Å². The summed E-state index contributed by atoms with van der Waals surface area (Å²) >= 11 is 1.66. The van der Waals surface area contributed by atoms with Gasteiger partial charge in [0.1, 0.15) is 0 Å². The van der Waals surface area contributed by atoms with Crippen molar-refractivity contribution in [3.63, 3.8) is 0 Å². The summed E-state index contributed by atoms with van der Waals surface area (Å²) in [7, 11) is -0.910. The third-order valence-electron chi connectivity index (χ3n) is 2.82. The molecule has 0 aliphatic carbocycles. The third kappa shape index (κ3) is 3.09. The molecule has 0 bridgehead atoms. The zero-order chi connectivity index (χ0) is 13.1. The van der Waals surface area contributed by atoms with Crippen molar-refractivity contribution < 1.29 is 4.21 Å². The Balaban J connectivity index is 2.02. The van der Waals surface area contributed by atoms with Crippen molar-refractivity contribution in [2.24, 2.45) is 0 Å². The van der Waals surface area contributed by atoms with Crippen LogP contribution >= 0.6 is 11.3 Å². The van der Waals surface area contributed by atoms with Crippen molar-refractivity contribution in [3.05, 3.63) is 40.3 Å². The summed E-state index contributed by atoms with van der Waals surface area (Å²) in [5, 5.41) is 6.54. The first-order valence-corrected chi connectivity index (χ1v) is 8.28. The van der Waals surface area contributed by atoms with Gasteiger partial charge in [0.2, 0.25) is 0 Å². The summed E-state index contributed by atoms with van der Waals surface area (Å²) in [5.74, 6) is 0.527. The minimum atomic E-state index is -0.910. The zero-order valence-electron chi connectivity index (χ0n) is 10.9. The van der Waals surface area contributed by atoms with Crippen molar-refractivity contribution in [1.29, 1.82) is 0 Å². The Labute approximate surface area is 114 Å². The van der Waals surface area contributed by atoms with Gasteiger partial charge in [-0.2, -0.15) is 5.10 Å². The predicted octanol–water partition coefficient (Wildman–Crippen LogP) is 3.54. The van der Waals surface area contributed by atoms with Gasteiger partial charge < -0.3 is 0 Å². The Hall–Kier alpha value is -0.940. The van der Waals surface area contributed by atoms with E-state index in [0.29, 0.717) is 11.8 Å². The number of nitrogens with zero attached hydrogens (tertiary/aromatic N) is 2. The highest BCUT2D eigenvalue weighted by molar-refractivity contribution is 7.84. The molecular formula is C13H18N2OS2. The van der Waals surface area contributed by atoms with Gasteiger partial charge in [-0.15, -0.1) is 11.3 Å². The molecule has 2 heterocycles. The molecule has 5 heteroatoms. The van der Waals surface area contributed by atoms with E-state index < -0.39 is 10.8 Å². The van der Waals surface area contributed by atoms with Gasteiger partial charge in [-0.1, -0.05) is 6.07 Å². The predicted molar refractivity (Wildman–Crippen MR) is 77.2 cm³/mol. The van der Waals surface area contributed by atoms with E-state index in [2.05, 4.69) is 18.9 Å². The van der Waals surface area contributed by atoms with Crippen molar-refractivity contribution in [2.45, 2.75) is 37.8 Å². The number of hydrogen-bond acceptors (Lipinski definition) is 3. The van der Waals surface area contributed by atoms with Gasteiger partial charge in [-0.3, -0.25) is 8.89 Å². The second-order valence-corrected chi connectivity index (χ2v) is 7.30. The molecule has 0 unspecified atom stereocenters. The van der Waals surface area contributed by atoms with Gasteiger partial charge >= 0.3 is 0 Å². The number of thiophene rings is 1. The monoisotopic (exact) mass is 282 g/mol. The smallest absolute Gasteiger partial charge is 0.0749 e. The fraction of sp³-hybridized carbons (Fsp3) is 0.462. The molecule has 0 amide bonds. The van der Waals surface area contributed by atoms with Crippen molar-refractivity contribution >= 4 is 22.1 Å². The standard InChI is InChI=1S/C13H18N2OS2/c1-10(2)15-7-6-12(14-15)9-18(16)11(3)13-5-4-8-17-13/h4-8,10-11H,9H2,1-3H3/t11-,18-/m1/s1. The van der Waals surface area contributed by atoms with Crippen LogP contribution in [0.15, 0.2) is 29.8 Å². The van der Waals surface area contributed by atoms with Crippen LogP contribution in [0.2, 0.25) is 0 Å². The third-order valence-corrected chi connectivity index (χ3v) is 5.65. The maximum Gasteiger partial charge on any atom is 0.0749 e. The maximum atomic E-state index is 12.3. The lowest BCUT2D eigenvalue weighted by molar-refractivity contribution is 0.528. The van der Waals surface area contributed by atoms with Gasteiger partial charge in [-0.05, 0) is 38.3 Å². The second-order valence-electron chi connectivity index (χ2n) is 4.56. The second kappa shape index (κ2) is 5.80. The summed E-state index contributed by atoms with van der Waals surface area (Å²) < 4.78 is 14.2. The van der Waals surface area contributed by atoms with Crippen LogP contribution in [0.5, 0.6) is 0 Å². The fourth-order valence-corrected chi connectivity index (χ4v) is 3.85. The minimum absolute atomic E-state index is 0.0780. The number of hydrogen-bond donors (Lipinski definition) is 0. The van der Waals surface area contributed by atoms with Gasteiger partial charge in [0.25, 0.3) is 0 Å². The highest BCUT2D eigenvalue weighted by atomic mass is 32.2. The Kier molecular flexibility index (Phi) is 4.35. The number of aromatic nitrogens is 2. The molecule has 0 aromatic carbocycles. The van der Waals surface area contributed by atoms with Crippen LogP contribution in [-0.4, -0.2) is 14.0 Å². The molecule has 0 spiro atoms. The fourth-order valence-electron chi connectivity index (χ4n) is 1.66. The molecular weight excluding hydrogens is 264 g/mol. The molecule has 0 aliphatic heterocycles. The normalized spacial score (nSPS) is 14.9. The van der Waals surface area contributed by atoms with E-state index in [1.54, 1.807) is 11.3 Å². The molecule has 2 aromatic rings. The molecule has 0 saturated carbocycles. The molecule has 18 heavy (non-hydrogen) atoms. The SMILES string of the molecule is CC(C)n1ccc(C[S@@](=O)[C@H](C)c2cccs2)n1. The molecule has 2 aromatic heterocycles. The molecule has 0 aliphatic rings. The van der Waals surface area contributed by atoms with Crippen LogP contribution in [0.4, 0.5) is 0 Å². The van der Waals surface area contributed by atoms with Gasteiger partial charge in [-0.25, -0.2) is 0 Å². The molecule has 0 N–H and O–H groups in total. The first kappa shape index (κ1) is 13.5. The summed E-state index contributed by atoms with van der Waals surface area (Å²) in [6.45, 7) is 6.19. The first-order valence-electron chi connectivity index (χ1n) is 6.02. The lowest BCUT2D eigenvalue weighted by Gasteiger charge is -2.08. The molecule has 0 saturated heterocycles. The quantitative estimate of drug-likeness (QED) is 0.841. The lowest BCUT2D eigenvalue weighted by Crippen LogP contribution is -2.06. The summed E-state index contributed by atoms with van der Waals surface area (Å²) in [6, 6.07) is 6.35. The zero-order valence-corrected chi connectivity index (χ0v) is 12.5. The topological polar surface area (TPSA) is 34.9 Å². The van der Waals surface area contributed by atoms with Crippen molar-refractivity contribution in [3.8, 4) is 0 Å². The average Bonchev–Trinajstić information content (AvgIpc) is 2.98. The Morgan fingerprint density at radius 3 is 2.72 bits per heavy atom. The maximum absolute atomic E-state index is 12.3. The lowest BCUT2D eigenvalue weighted by atomic mass is 10.4. The molecule has 0 radical (unpaired) electrons. The van der Waals surface area contributed by atoms with Gasteiger partial charge in [0, 0.05) is 27.9 Å². The average molecular weight is 282 g/mol. The van der Waals surface area contributed by atoms with E-state index in [4.69, 9.17) is 0 Å². The van der Waals surface area contributed by atoms with E-state index in [1.807, 2.05) is 41.4 Å². The van der Waals surface area contributed by atoms with Crippen LogP contribution in [0.3, 0.4) is 0 Å². The molecule has 0 fully saturated rings. The van der Waals surface area contributed by atoms with Crippen LogP contribution in [0.1, 0.15) is 42.6 Å². The Morgan fingerprint density at radius 1 is 1.39 bits per heavy atom.